The number of anilines is 3. The zero-order valence-electron chi connectivity index (χ0n) is 17.6. The number of aromatic nitrogens is 4. The number of rotatable bonds is 8. The summed E-state index contributed by atoms with van der Waals surface area (Å²) in [7, 11) is 0. The number of benzene rings is 1. The third kappa shape index (κ3) is 5.25. The van der Waals surface area contributed by atoms with Crippen molar-refractivity contribution in [3.8, 4) is 0 Å². The Morgan fingerprint density at radius 3 is 2.84 bits per heavy atom. The van der Waals surface area contributed by atoms with Gasteiger partial charge in [0.2, 0.25) is 0 Å². The van der Waals surface area contributed by atoms with Gasteiger partial charge in [0.25, 0.3) is 0 Å². The standard InChI is InChI=1S/C22H24F2N6O2/c1-14(31)22-19(25-10-16-3-2-4-18(23)21(16)24)9-20(28-29-22)27-17-11-26-30(13-17)12-15-5-7-32-8-6-15/h2-4,9,11,13,15H,5-8,10,12H2,1H3,(H2,25,27,28). The molecule has 2 aromatic heterocycles. The molecule has 1 fully saturated rings. The van der Waals surface area contributed by atoms with E-state index in [0.717, 1.165) is 44.4 Å². The zero-order valence-corrected chi connectivity index (χ0v) is 17.6. The molecular weight excluding hydrogens is 418 g/mol. The number of hydrogen-bond donors (Lipinski definition) is 2. The summed E-state index contributed by atoms with van der Waals surface area (Å²) in [4.78, 5) is 11.9. The molecule has 0 bridgehead atoms. The quantitative estimate of drug-likeness (QED) is 0.511. The van der Waals surface area contributed by atoms with E-state index in [1.54, 1.807) is 12.3 Å². The lowest BCUT2D eigenvalue weighted by Crippen LogP contribution is -2.20. The highest BCUT2D eigenvalue weighted by atomic mass is 19.2. The summed E-state index contributed by atoms with van der Waals surface area (Å²) < 4.78 is 34.7. The summed E-state index contributed by atoms with van der Waals surface area (Å²) in [6.45, 7) is 3.73. The van der Waals surface area contributed by atoms with Gasteiger partial charge in [0, 0.05) is 51.1 Å². The van der Waals surface area contributed by atoms with Gasteiger partial charge in [-0.1, -0.05) is 12.1 Å². The molecule has 10 heteroatoms. The fraction of sp³-hybridized carbons (Fsp3) is 0.364. The number of carbonyl (C=O) groups excluding carboxylic acids is 1. The van der Waals surface area contributed by atoms with E-state index in [1.165, 1.54) is 19.1 Å². The summed E-state index contributed by atoms with van der Waals surface area (Å²) in [6.07, 6.45) is 5.60. The Bertz CT molecular complexity index is 1100. The third-order valence-electron chi connectivity index (χ3n) is 5.32. The number of nitrogens with zero attached hydrogens (tertiary/aromatic N) is 4. The molecule has 1 saturated heterocycles. The van der Waals surface area contributed by atoms with Crippen molar-refractivity contribution in [1.29, 1.82) is 0 Å². The van der Waals surface area contributed by atoms with E-state index in [-0.39, 0.29) is 23.6 Å². The molecule has 168 valence electrons. The SMILES string of the molecule is CC(=O)c1nnc(Nc2cnn(CC3CCOCC3)c2)cc1NCc1cccc(F)c1F. The van der Waals surface area contributed by atoms with Crippen LogP contribution in [0.1, 0.15) is 35.8 Å². The first-order chi connectivity index (χ1) is 15.5. The van der Waals surface area contributed by atoms with Crippen molar-refractivity contribution in [2.75, 3.05) is 23.8 Å². The molecule has 32 heavy (non-hydrogen) atoms. The van der Waals surface area contributed by atoms with Crippen LogP contribution in [0.2, 0.25) is 0 Å². The van der Waals surface area contributed by atoms with E-state index in [2.05, 4.69) is 25.9 Å². The highest BCUT2D eigenvalue weighted by Crippen LogP contribution is 2.23. The van der Waals surface area contributed by atoms with Gasteiger partial charge in [0.05, 0.1) is 17.6 Å². The van der Waals surface area contributed by atoms with Crippen molar-refractivity contribution in [2.24, 2.45) is 5.92 Å². The molecule has 1 aliphatic rings. The Labute approximate surface area is 184 Å². The molecule has 2 N–H and O–H groups in total. The lowest BCUT2D eigenvalue weighted by molar-refractivity contribution is 0.0601. The van der Waals surface area contributed by atoms with Crippen LogP contribution in [0.3, 0.4) is 0 Å². The number of ether oxygens (including phenoxy) is 1. The highest BCUT2D eigenvalue weighted by Gasteiger charge is 2.16. The van der Waals surface area contributed by atoms with Crippen molar-refractivity contribution in [3.05, 3.63) is 59.6 Å². The molecule has 0 atom stereocenters. The minimum atomic E-state index is -0.929. The largest absolute Gasteiger partial charge is 0.381 e. The molecule has 0 amide bonds. The second-order valence-corrected chi connectivity index (χ2v) is 7.75. The minimum Gasteiger partial charge on any atom is -0.381 e. The Hall–Kier alpha value is -3.40. The normalized spacial score (nSPS) is 14.3. The average Bonchev–Trinajstić information content (AvgIpc) is 3.22. The van der Waals surface area contributed by atoms with Crippen LogP contribution >= 0.6 is 0 Å². The predicted molar refractivity (Wildman–Crippen MR) is 115 cm³/mol. The van der Waals surface area contributed by atoms with Crippen LogP contribution < -0.4 is 10.6 Å². The van der Waals surface area contributed by atoms with Gasteiger partial charge in [-0.05, 0) is 24.8 Å². The molecule has 8 nitrogen and oxygen atoms in total. The first kappa shape index (κ1) is 21.8. The Kier molecular flexibility index (Phi) is 6.69. The molecule has 0 unspecified atom stereocenters. The van der Waals surface area contributed by atoms with Crippen molar-refractivity contribution < 1.29 is 18.3 Å². The first-order valence-electron chi connectivity index (χ1n) is 10.4. The van der Waals surface area contributed by atoms with Crippen molar-refractivity contribution >= 4 is 23.0 Å². The number of ketones is 1. The smallest absolute Gasteiger partial charge is 0.182 e. The molecule has 0 radical (unpaired) electrons. The maximum absolute atomic E-state index is 14.0. The van der Waals surface area contributed by atoms with Crippen LogP contribution in [0, 0.1) is 17.6 Å². The second kappa shape index (κ2) is 9.82. The van der Waals surface area contributed by atoms with Crippen LogP contribution in [0.5, 0.6) is 0 Å². The third-order valence-corrected chi connectivity index (χ3v) is 5.32. The first-order valence-corrected chi connectivity index (χ1v) is 10.4. The predicted octanol–water partition coefficient (Wildman–Crippen LogP) is 3.94. The van der Waals surface area contributed by atoms with E-state index >= 15 is 0 Å². The summed E-state index contributed by atoms with van der Waals surface area (Å²) in [5, 5.41) is 18.5. The number of nitrogens with one attached hydrogen (secondary N) is 2. The van der Waals surface area contributed by atoms with Crippen molar-refractivity contribution in [3.63, 3.8) is 0 Å². The van der Waals surface area contributed by atoms with Crippen LogP contribution in [0.15, 0.2) is 36.7 Å². The molecule has 0 saturated carbocycles. The maximum atomic E-state index is 14.0. The number of halogens is 2. The summed E-state index contributed by atoms with van der Waals surface area (Å²) >= 11 is 0. The summed E-state index contributed by atoms with van der Waals surface area (Å²) in [5.74, 6) is -1.23. The molecule has 1 aromatic carbocycles. The van der Waals surface area contributed by atoms with Gasteiger partial charge in [-0.3, -0.25) is 9.48 Å². The van der Waals surface area contributed by atoms with Gasteiger partial charge in [-0.25, -0.2) is 8.78 Å². The lowest BCUT2D eigenvalue weighted by atomic mass is 10.0. The average molecular weight is 442 g/mol. The van der Waals surface area contributed by atoms with Gasteiger partial charge in [-0.15, -0.1) is 10.2 Å². The second-order valence-electron chi connectivity index (χ2n) is 7.75. The Morgan fingerprint density at radius 2 is 2.06 bits per heavy atom. The van der Waals surface area contributed by atoms with Crippen LogP contribution in [0.4, 0.5) is 26.0 Å². The highest BCUT2D eigenvalue weighted by molar-refractivity contribution is 5.97. The fourth-order valence-corrected chi connectivity index (χ4v) is 3.59. The number of carbonyl (C=O) groups is 1. The van der Waals surface area contributed by atoms with E-state index in [1.807, 2.05) is 10.9 Å². The number of Topliss-reactive ketones (excluding diaryl/α,β-unsaturated/α-hetero) is 1. The molecule has 4 rings (SSSR count). The van der Waals surface area contributed by atoms with E-state index < -0.39 is 11.6 Å². The molecule has 3 aromatic rings. The molecule has 3 heterocycles. The fourth-order valence-electron chi connectivity index (χ4n) is 3.59. The Balaban J connectivity index is 1.46. The van der Waals surface area contributed by atoms with Crippen molar-refractivity contribution in [2.45, 2.75) is 32.9 Å². The molecule has 0 aliphatic carbocycles. The topological polar surface area (TPSA) is 94.0 Å². The van der Waals surface area contributed by atoms with Gasteiger partial charge < -0.3 is 15.4 Å². The van der Waals surface area contributed by atoms with Gasteiger partial charge in [-0.2, -0.15) is 5.10 Å². The van der Waals surface area contributed by atoms with Crippen molar-refractivity contribution in [1.82, 2.24) is 20.0 Å². The van der Waals surface area contributed by atoms with E-state index in [9.17, 15) is 13.6 Å². The minimum absolute atomic E-state index is 0.0158. The Morgan fingerprint density at radius 1 is 1.25 bits per heavy atom. The van der Waals surface area contributed by atoms with Crippen LogP contribution in [-0.4, -0.2) is 39.0 Å². The molecule has 0 spiro atoms. The van der Waals surface area contributed by atoms with Crippen LogP contribution in [0.25, 0.3) is 0 Å². The zero-order chi connectivity index (χ0) is 22.5. The van der Waals surface area contributed by atoms with Crippen LogP contribution in [-0.2, 0) is 17.8 Å². The summed E-state index contributed by atoms with van der Waals surface area (Å²) in [6, 6.07) is 5.56. The maximum Gasteiger partial charge on any atom is 0.182 e. The van der Waals surface area contributed by atoms with E-state index in [4.69, 9.17) is 4.74 Å². The summed E-state index contributed by atoms with van der Waals surface area (Å²) in [5.41, 5.74) is 1.35. The van der Waals surface area contributed by atoms with E-state index in [0.29, 0.717) is 17.4 Å². The number of hydrogen-bond acceptors (Lipinski definition) is 7. The van der Waals surface area contributed by atoms with Gasteiger partial charge >= 0.3 is 0 Å². The lowest BCUT2D eigenvalue weighted by Gasteiger charge is -2.21. The van der Waals surface area contributed by atoms with Gasteiger partial charge in [0.1, 0.15) is 0 Å². The van der Waals surface area contributed by atoms with Gasteiger partial charge in [0.15, 0.2) is 28.9 Å². The molecular formula is C22H24F2N6O2. The monoisotopic (exact) mass is 442 g/mol. The molecule has 1 aliphatic heterocycles.